The minimum Gasteiger partial charge on any atom is -0.494 e. The van der Waals surface area contributed by atoms with Gasteiger partial charge in [-0.25, -0.2) is 10.1 Å². The second-order valence-electron chi connectivity index (χ2n) is 6.74. The topological polar surface area (TPSA) is 146 Å². The molecule has 162 valence electrons. The van der Waals surface area contributed by atoms with Crippen LogP contribution in [-0.2, 0) is 0 Å². The van der Waals surface area contributed by atoms with Gasteiger partial charge < -0.3 is 10.5 Å². The van der Waals surface area contributed by atoms with Crippen molar-refractivity contribution in [2.45, 2.75) is 13.8 Å². The first kappa shape index (κ1) is 20.7. The molecule has 2 aromatic heterocycles. The zero-order valence-corrected chi connectivity index (χ0v) is 17.4. The Morgan fingerprint density at radius 3 is 2.59 bits per heavy atom. The van der Waals surface area contributed by atoms with Gasteiger partial charge in [-0.3, -0.25) is 4.79 Å². The first-order chi connectivity index (χ1) is 15.6. The lowest BCUT2D eigenvalue weighted by Gasteiger charge is -2.07. The Hall–Kier alpha value is -4.54. The minimum absolute atomic E-state index is 0.00596. The van der Waals surface area contributed by atoms with Crippen LogP contribution in [-0.4, -0.2) is 44.0 Å². The largest absolute Gasteiger partial charge is 0.494 e. The van der Waals surface area contributed by atoms with Crippen LogP contribution in [0.25, 0.3) is 17.1 Å². The van der Waals surface area contributed by atoms with Crippen LogP contribution in [0.3, 0.4) is 0 Å². The summed E-state index contributed by atoms with van der Waals surface area (Å²) in [5.41, 5.74) is 11.3. The average molecular weight is 432 g/mol. The first-order valence-corrected chi connectivity index (χ1v) is 9.74. The summed E-state index contributed by atoms with van der Waals surface area (Å²) >= 11 is 0. The lowest BCUT2D eigenvalue weighted by Crippen LogP contribution is -2.19. The van der Waals surface area contributed by atoms with Crippen molar-refractivity contribution in [3.8, 4) is 22.8 Å². The summed E-state index contributed by atoms with van der Waals surface area (Å²) in [5, 5.41) is 19.4. The Labute approximate surface area is 182 Å². The van der Waals surface area contributed by atoms with Gasteiger partial charge in [0.1, 0.15) is 11.4 Å². The Balaban J connectivity index is 1.67. The third-order valence-electron chi connectivity index (χ3n) is 4.48. The van der Waals surface area contributed by atoms with Gasteiger partial charge in [0.15, 0.2) is 5.69 Å². The average Bonchev–Trinajstić information content (AvgIpc) is 3.42. The molecule has 0 aliphatic carbocycles. The molecule has 11 heteroatoms. The molecular weight excluding hydrogens is 412 g/mol. The van der Waals surface area contributed by atoms with Crippen LogP contribution in [0.4, 0.5) is 5.82 Å². The first-order valence-electron chi connectivity index (χ1n) is 9.74. The van der Waals surface area contributed by atoms with E-state index in [1.54, 1.807) is 24.3 Å². The number of carbonyl (C=O) groups is 1. The highest BCUT2D eigenvalue weighted by atomic mass is 16.6. The summed E-state index contributed by atoms with van der Waals surface area (Å²) in [6.07, 6.45) is 1.54. The van der Waals surface area contributed by atoms with Crippen LogP contribution in [0, 0.1) is 6.92 Å². The zero-order chi connectivity index (χ0) is 22.5. The summed E-state index contributed by atoms with van der Waals surface area (Å²) < 4.78 is 11.5. The van der Waals surface area contributed by atoms with E-state index in [1.807, 2.05) is 38.1 Å². The van der Waals surface area contributed by atoms with E-state index in [9.17, 15) is 4.79 Å². The third kappa shape index (κ3) is 4.31. The van der Waals surface area contributed by atoms with Gasteiger partial charge in [0.05, 0.1) is 12.8 Å². The molecule has 0 unspecified atom stereocenters. The van der Waals surface area contributed by atoms with Gasteiger partial charge in [-0.05, 0) is 54.0 Å². The van der Waals surface area contributed by atoms with E-state index in [1.165, 1.54) is 10.9 Å². The molecule has 4 rings (SSSR count). The van der Waals surface area contributed by atoms with Crippen LogP contribution in [0.15, 0.2) is 58.3 Å². The number of nitrogens with two attached hydrogens (primary N) is 1. The maximum atomic E-state index is 12.9. The van der Waals surface area contributed by atoms with E-state index in [2.05, 4.69) is 35.8 Å². The van der Waals surface area contributed by atoms with E-state index in [-0.39, 0.29) is 17.3 Å². The van der Waals surface area contributed by atoms with Crippen molar-refractivity contribution in [2.75, 3.05) is 12.3 Å². The minimum atomic E-state index is -0.557. The van der Waals surface area contributed by atoms with Gasteiger partial charge in [-0.1, -0.05) is 35.0 Å². The number of nitrogens with one attached hydrogen (secondary N) is 1. The predicted molar refractivity (Wildman–Crippen MR) is 116 cm³/mol. The summed E-state index contributed by atoms with van der Waals surface area (Å²) in [6, 6.07) is 14.8. The molecule has 2 heterocycles. The number of benzene rings is 2. The normalized spacial score (nSPS) is 11.1. The number of anilines is 1. The quantitative estimate of drug-likeness (QED) is 0.334. The maximum Gasteiger partial charge on any atom is 0.294 e. The highest BCUT2D eigenvalue weighted by molar-refractivity contribution is 5.98. The Morgan fingerprint density at radius 1 is 1.19 bits per heavy atom. The van der Waals surface area contributed by atoms with Crippen molar-refractivity contribution in [2.24, 2.45) is 5.10 Å². The lowest BCUT2D eigenvalue weighted by molar-refractivity contribution is 0.0950. The zero-order valence-electron chi connectivity index (χ0n) is 17.4. The van der Waals surface area contributed by atoms with Crippen LogP contribution in [0.1, 0.15) is 28.5 Å². The van der Waals surface area contributed by atoms with Crippen LogP contribution >= 0.6 is 0 Å². The molecule has 0 radical (unpaired) electrons. The number of amides is 1. The highest BCUT2D eigenvalue weighted by Gasteiger charge is 2.25. The van der Waals surface area contributed by atoms with Gasteiger partial charge in [0.2, 0.25) is 11.6 Å². The van der Waals surface area contributed by atoms with Crippen LogP contribution < -0.4 is 15.9 Å². The van der Waals surface area contributed by atoms with Gasteiger partial charge in [-0.2, -0.15) is 9.78 Å². The molecule has 4 aromatic rings. The summed E-state index contributed by atoms with van der Waals surface area (Å²) in [4.78, 5) is 12.9. The van der Waals surface area contributed by atoms with Crippen molar-refractivity contribution in [3.05, 3.63) is 65.4 Å². The molecule has 32 heavy (non-hydrogen) atoms. The standard InChI is InChI=1S/C21H20N8O3/c1-3-31-16-10-8-15(9-11-16)18-17(24-28-29(18)20-19(22)26-32-27-20)21(30)25-23-12-14-6-4-13(2)5-7-14/h4-12H,3H2,1-2H3,(H2,22,26)(H,25,30)/b23-12-. The molecule has 0 aliphatic heterocycles. The molecule has 0 saturated heterocycles. The number of hydrogen-bond acceptors (Lipinski definition) is 9. The van der Waals surface area contributed by atoms with Gasteiger partial charge in [-0.15, -0.1) is 5.10 Å². The predicted octanol–water partition coefficient (Wildman–Crippen LogP) is 2.37. The molecule has 0 spiro atoms. The van der Waals surface area contributed by atoms with Crippen LogP contribution in [0.5, 0.6) is 5.75 Å². The third-order valence-corrected chi connectivity index (χ3v) is 4.48. The van der Waals surface area contributed by atoms with Crippen LogP contribution in [0.2, 0.25) is 0 Å². The Kier molecular flexibility index (Phi) is 5.88. The monoisotopic (exact) mass is 432 g/mol. The van der Waals surface area contributed by atoms with E-state index >= 15 is 0 Å². The smallest absolute Gasteiger partial charge is 0.294 e. The fraction of sp³-hybridized carbons (Fsp3) is 0.143. The molecule has 1 amide bonds. The molecule has 0 saturated carbocycles. The summed E-state index contributed by atoms with van der Waals surface area (Å²) in [7, 11) is 0. The number of rotatable bonds is 7. The van der Waals surface area contributed by atoms with E-state index in [0.29, 0.717) is 23.6 Å². The highest BCUT2D eigenvalue weighted by Crippen LogP contribution is 2.28. The molecule has 0 aliphatic rings. The van der Waals surface area contributed by atoms with E-state index < -0.39 is 5.91 Å². The van der Waals surface area contributed by atoms with Crippen molar-refractivity contribution in [1.82, 2.24) is 30.7 Å². The number of aromatic nitrogens is 5. The second kappa shape index (κ2) is 9.08. The van der Waals surface area contributed by atoms with E-state index in [0.717, 1.165) is 11.1 Å². The van der Waals surface area contributed by atoms with Gasteiger partial charge >= 0.3 is 0 Å². The Bertz CT molecular complexity index is 1240. The molecule has 0 fully saturated rings. The number of aryl methyl sites for hydroxylation is 1. The number of nitrogens with zero attached hydrogens (tertiary/aromatic N) is 6. The van der Waals surface area contributed by atoms with Gasteiger partial charge in [0, 0.05) is 5.56 Å². The number of hydrogen-bond donors (Lipinski definition) is 2. The number of nitrogen functional groups attached to an aromatic ring is 1. The van der Waals surface area contributed by atoms with Crippen molar-refractivity contribution in [3.63, 3.8) is 0 Å². The molecule has 0 atom stereocenters. The van der Waals surface area contributed by atoms with Crippen molar-refractivity contribution >= 4 is 17.9 Å². The molecule has 2 aromatic carbocycles. The maximum absolute atomic E-state index is 12.9. The number of carbonyl (C=O) groups excluding carboxylic acids is 1. The van der Waals surface area contributed by atoms with Gasteiger partial charge in [0.25, 0.3) is 5.91 Å². The number of ether oxygens (including phenoxy) is 1. The Morgan fingerprint density at radius 2 is 1.94 bits per heavy atom. The lowest BCUT2D eigenvalue weighted by atomic mass is 10.1. The van der Waals surface area contributed by atoms with E-state index in [4.69, 9.17) is 10.5 Å². The summed E-state index contributed by atoms with van der Waals surface area (Å²) in [6.45, 7) is 4.42. The number of hydrazone groups is 1. The molecule has 0 bridgehead atoms. The molecular formula is C21H20N8O3. The second-order valence-corrected chi connectivity index (χ2v) is 6.74. The molecule has 3 N–H and O–H groups in total. The van der Waals surface area contributed by atoms with Crippen molar-refractivity contribution in [1.29, 1.82) is 0 Å². The fourth-order valence-electron chi connectivity index (χ4n) is 2.93. The summed E-state index contributed by atoms with van der Waals surface area (Å²) in [5.74, 6) is 0.250. The molecule has 11 nitrogen and oxygen atoms in total. The van der Waals surface area contributed by atoms with Crippen molar-refractivity contribution < 1.29 is 14.2 Å². The SMILES string of the molecule is CCOc1ccc(-c2c(C(=O)N/N=C\c3ccc(C)cc3)nnn2-c2nonc2N)cc1. The fourth-order valence-corrected chi connectivity index (χ4v) is 2.93.